The molecule has 0 aromatic carbocycles. The van der Waals surface area contributed by atoms with Gasteiger partial charge in [-0.05, 0) is 37.5 Å². The van der Waals surface area contributed by atoms with E-state index in [9.17, 15) is 31.9 Å². The number of alkyl halides is 4. The van der Waals surface area contributed by atoms with Crippen LogP contribution in [-0.4, -0.2) is 102 Å². The van der Waals surface area contributed by atoms with Crippen LogP contribution in [0.3, 0.4) is 0 Å². The van der Waals surface area contributed by atoms with E-state index in [4.69, 9.17) is 4.74 Å². The number of hydrogen-bond acceptors (Lipinski definition) is 7. The maximum atomic E-state index is 14.5. The van der Waals surface area contributed by atoms with Gasteiger partial charge in [-0.3, -0.25) is 14.5 Å². The molecule has 5 rings (SSSR count). The molecule has 234 valence electrons. The van der Waals surface area contributed by atoms with Crippen LogP contribution in [0.1, 0.15) is 56.4 Å². The number of amides is 4. The summed E-state index contributed by atoms with van der Waals surface area (Å²) in [4.78, 5) is 46.4. The van der Waals surface area contributed by atoms with Crippen molar-refractivity contribution in [3.63, 3.8) is 0 Å². The summed E-state index contributed by atoms with van der Waals surface area (Å²) in [6.45, 7) is 0.925. The molecule has 42 heavy (non-hydrogen) atoms. The second kappa shape index (κ2) is 12.6. The predicted molar refractivity (Wildman–Crippen MR) is 147 cm³/mol. The molecular formula is C27H38F4N6O4S. The number of nitrogens with zero attached hydrogens (tertiary/aromatic N) is 3. The summed E-state index contributed by atoms with van der Waals surface area (Å²) in [6, 6.07) is -2.46. The van der Waals surface area contributed by atoms with E-state index in [1.165, 1.54) is 6.20 Å². The lowest BCUT2D eigenvalue weighted by molar-refractivity contribution is -0.132. The van der Waals surface area contributed by atoms with Crippen molar-refractivity contribution >= 4 is 34.3 Å². The number of morpholine rings is 1. The molecule has 3 N–H and O–H groups in total. The number of hydrogen-bond donors (Lipinski definition) is 3. The Hall–Kier alpha value is -2.52. The van der Waals surface area contributed by atoms with Gasteiger partial charge >= 0.3 is 6.03 Å². The van der Waals surface area contributed by atoms with E-state index >= 15 is 0 Å². The lowest BCUT2D eigenvalue weighted by Crippen LogP contribution is -2.59. The average molecular weight is 619 g/mol. The van der Waals surface area contributed by atoms with Crippen molar-refractivity contribution in [2.24, 2.45) is 11.8 Å². The topological polar surface area (TPSA) is 116 Å². The molecule has 0 unspecified atom stereocenters. The molecule has 2 aliphatic carbocycles. The third-order valence-electron chi connectivity index (χ3n) is 8.64. The smallest absolute Gasteiger partial charge is 0.318 e. The Morgan fingerprint density at radius 3 is 2.67 bits per heavy atom. The van der Waals surface area contributed by atoms with Crippen LogP contribution in [-0.2, 0) is 14.3 Å². The summed E-state index contributed by atoms with van der Waals surface area (Å²) < 4.78 is 62.0. The maximum absolute atomic E-state index is 14.5. The minimum atomic E-state index is -3.15. The summed E-state index contributed by atoms with van der Waals surface area (Å²) in [5, 5.41) is 7.78. The van der Waals surface area contributed by atoms with Crippen LogP contribution in [0.25, 0.3) is 0 Å². The average Bonchev–Trinajstić information content (AvgIpc) is 3.56. The SMILES string of the molecule is CC1CCC([C@H](NC(=O)C2(F)CC2)C(=O)Nc2ncc([C@@H](CN3CCO[C@H](CF)C3)N3CC(F)(F)CNC3=O)s2)CC1. The van der Waals surface area contributed by atoms with Crippen molar-refractivity contribution < 1.29 is 36.7 Å². The molecule has 3 heterocycles. The second-order valence-corrected chi connectivity index (χ2v) is 13.1. The highest BCUT2D eigenvalue weighted by Crippen LogP contribution is 2.41. The van der Waals surface area contributed by atoms with Gasteiger partial charge in [-0.25, -0.2) is 27.3 Å². The summed E-state index contributed by atoms with van der Waals surface area (Å²) in [6.07, 6.45) is 4.23. The minimum Gasteiger partial charge on any atom is -0.373 e. The Bertz CT molecular complexity index is 1150. The molecular weight excluding hydrogens is 580 g/mol. The summed E-state index contributed by atoms with van der Waals surface area (Å²) >= 11 is 1.03. The molecule has 2 saturated heterocycles. The van der Waals surface area contributed by atoms with Crippen molar-refractivity contribution in [1.82, 2.24) is 25.4 Å². The zero-order valence-electron chi connectivity index (χ0n) is 23.6. The first-order chi connectivity index (χ1) is 20.0. The van der Waals surface area contributed by atoms with Crippen LogP contribution < -0.4 is 16.0 Å². The number of anilines is 1. The minimum absolute atomic E-state index is 0.129. The molecule has 1 aromatic rings. The van der Waals surface area contributed by atoms with Crippen LogP contribution in [0.15, 0.2) is 6.20 Å². The van der Waals surface area contributed by atoms with E-state index in [1.807, 2.05) is 4.90 Å². The number of urea groups is 1. The van der Waals surface area contributed by atoms with Crippen LogP contribution in [0, 0.1) is 11.8 Å². The lowest BCUT2D eigenvalue weighted by atomic mass is 9.79. The van der Waals surface area contributed by atoms with Gasteiger partial charge in [-0.15, -0.1) is 0 Å². The molecule has 10 nitrogen and oxygen atoms in total. The summed E-state index contributed by atoms with van der Waals surface area (Å²) in [5.41, 5.74) is -1.93. The van der Waals surface area contributed by atoms with Gasteiger partial charge in [0.25, 0.3) is 11.8 Å². The molecule has 1 aromatic heterocycles. The van der Waals surface area contributed by atoms with Crippen molar-refractivity contribution in [3.05, 3.63) is 11.1 Å². The van der Waals surface area contributed by atoms with Crippen LogP contribution in [0.5, 0.6) is 0 Å². The maximum Gasteiger partial charge on any atom is 0.318 e. The van der Waals surface area contributed by atoms with E-state index in [0.717, 1.165) is 29.1 Å². The highest BCUT2D eigenvalue weighted by molar-refractivity contribution is 7.15. The molecule has 2 aliphatic heterocycles. The fourth-order valence-corrected chi connectivity index (χ4v) is 6.79. The van der Waals surface area contributed by atoms with Gasteiger partial charge < -0.3 is 25.6 Å². The standard InChI is InChI=1S/C27H38F4N6O4S/c1-16-2-4-17(5-3-16)21(34-23(39)26(29)6-7-26)22(38)35-24-32-11-20(42-24)19(13-36-8-9-41-18(10-28)12-36)37-15-27(30,31)14-33-25(37)40/h11,16-19,21H,2-10,12-15H2,1H3,(H,33,40)(H,34,39)(H,32,35,38)/t16?,17?,18-,19-,21+/m1/s1. The quantitative estimate of drug-likeness (QED) is 0.347. The first-order valence-corrected chi connectivity index (χ1v) is 15.4. The zero-order chi connectivity index (χ0) is 30.1. The van der Waals surface area contributed by atoms with E-state index < -0.39 is 67.4 Å². The number of halogens is 4. The van der Waals surface area contributed by atoms with Gasteiger partial charge in [-0.2, -0.15) is 0 Å². The van der Waals surface area contributed by atoms with Crippen LogP contribution in [0.4, 0.5) is 27.5 Å². The summed E-state index contributed by atoms with van der Waals surface area (Å²) in [5.74, 6) is -4.12. The number of carbonyl (C=O) groups excluding carboxylic acids is 3. The van der Waals surface area contributed by atoms with E-state index in [0.29, 0.717) is 30.2 Å². The fraction of sp³-hybridized carbons (Fsp3) is 0.778. The Balaban J connectivity index is 1.33. The largest absolute Gasteiger partial charge is 0.373 e. The van der Waals surface area contributed by atoms with Gasteiger partial charge in [0, 0.05) is 25.8 Å². The van der Waals surface area contributed by atoms with Crippen molar-refractivity contribution in [3.8, 4) is 0 Å². The Kier molecular flexibility index (Phi) is 9.28. The van der Waals surface area contributed by atoms with Gasteiger partial charge in [0.2, 0.25) is 5.91 Å². The van der Waals surface area contributed by atoms with Gasteiger partial charge in [0.15, 0.2) is 10.8 Å². The highest BCUT2D eigenvalue weighted by Gasteiger charge is 2.52. The van der Waals surface area contributed by atoms with Crippen molar-refractivity contribution in [1.29, 1.82) is 0 Å². The number of rotatable bonds is 10. The third kappa shape index (κ3) is 7.33. The Labute approximate surface area is 245 Å². The van der Waals surface area contributed by atoms with Crippen LogP contribution in [0.2, 0.25) is 0 Å². The highest BCUT2D eigenvalue weighted by atomic mass is 32.1. The normalized spacial score (nSPS) is 28.8. The number of aromatic nitrogens is 1. The van der Waals surface area contributed by atoms with Crippen molar-refractivity contribution in [2.45, 2.75) is 75.2 Å². The lowest BCUT2D eigenvalue weighted by Gasteiger charge is -2.41. The number of ether oxygens (including phenoxy) is 1. The predicted octanol–water partition coefficient (Wildman–Crippen LogP) is 3.27. The first-order valence-electron chi connectivity index (χ1n) is 14.5. The first kappa shape index (κ1) is 30.9. The van der Waals surface area contributed by atoms with Crippen LogP contribution >= 0.6 is 11.3 Å². The second-order valence-electron chi connectivity index (χ2n) is 12.1. The molecule has 2 saturated carbocycles. The number of nitrogens with one attached hydrogen (secondary N) is 3. The molecule has 0 bridgehead atoms. The Morgan fingerprint density at radius 2 is 1.98 bits per heavy atom. The molecule has 3 atom stereocenters. The molecule has 0 spiro atoms. The van der Waals surface area contributed by atoms with Crippen molar-refractivity contribution in [2.75, 3.05) is 51.3 Å². The molecule has 0 radical (unpaired) electrons. The van der Waals surface area contributed by atoms with Gasteiger partial charge in [0.1, 0.15) is 12.7 Å². The van der Waals surface area contributed by atoms with E-state index in [2.05, 4.69) is 27.9 Å². The molecule has 4 aliphatic rings. The van der Waals surface area contributed by atoms with Gasteiger partial charge in [-0.1, -0.05) is 31.1 Å². The fourth-order valence-electron chi connectivity index (χ4n) is 5.87. The summed E-state index contributed by atoms with van der Waals surface area (Å²) in [7, 11) is 0. The number of carbonyl (C=O) groups is 3. The van der Waals surface area contributed by atoms with E-state index in [-0.39, 0.29) is 43.6 Å². The number of thiazole rings is 1. The van der Waals surface area contributed by atoms with E-state index in [1.54, 1.807) is 0 Å². The third-order valence-corrected chi connectivity index (χ3v) is 9.66. The van der Waals surface area contributed by atoms with Gasteiger partial charge in [0.05, 0.1) is 36.7 Å². The Morgan fingerprint density at radius 1 is 1.24 bits per heavy atom. The monoisotopic (exact) mass is 618 g/mol. The zero-order valence-corrected chi connectivity index (χ0v) is 24.4. The molecule has 4 fully saturated rings. The molecule has 4 amide bonds. The molecule has 15 heteroatoms.